The minimum atomic E-state index is -0.169. The number of fused-ring (bicyclic) bond motifs is 1. The average Bonchev–Trinajstić information content (AvgIpc) is 2.94. The second kappa shape index (κ2) is 5.70. The second-order valence-electron chi connectivity index (χ2n) is 6.68. The van der Waals surface area contributed by atoms with Crippen LogP contribution in [0.1, 0.15) is 20.8 Å². The summed E-state index contributed by atoms with van der Waals surface area (Å²) in [5.41, 5.74) is 1.85. The monoisotopic (exact) mass is 329 g/mol. The van der Waals surface area contributed by atoms with E-state index in [1.54, 1.807) is 12.3 Å². The highest BCUT2D eigenvalue weighted by Gasteiger charge is 2.12. The summed E-state index contributed by atoms with van der Waals surface area (Å²) < 4.78 is 7.59. The molecule has 0 aliphatic carbocycles. The van der Waals surface area contributed by atoms with Crippen molar-refractivity contribution in [1.29, 1.82) is 0 Å². The molecule has 2 heterocycles. The summed E-state index contributed by atoms with van der Waals surface area (Å²) in [4.78, 5) is 18.6. The van der Waals surface area contributed by atoms with E-state index in [-0.39, 0.29) is 11.0 Å². The van der Waals surface area contributed by atoms with E-state index in [0.717, 1.165) is 5.75 Å². The second-order valence-corrected chi connectivity index (χ2v) is 7.07. The Balaban J connectivity index is 1.97. The number of ether oxygens (including phenoxy) is 1. The van der Waals surface area contributed by atoms with Crippen molar-refractivity contribution in [2.45, 2.75) is 20.8 Å². The van der Waals surface area contributed by atoms with Crippen molar-refractivity contribution in [3.8, 4) is 11.4 Å². The first-order chi connectivity index (χ1) is 10.8. The molecule has 0 saturated heterocycles. The predicted molar refractivity (Wildman–Crippen MR) is 94.0 cm³/mol. The maximum atomic E-state index is 12.6. The van der Waals surface area contributed by atoms with Crippen LogP contribution >= 0.6 is 12.2 Å². The summed E-state index contributed by atoms with van der Waals surface area (Å²) in [5, 5.41) is 0. The first-order valence-corrected chi connectivity index (χ1v) is 7.82. The Labute approximate surface area is 138 Å². The molecule has 23 heavy (non-hydrogen) atoms. The van der Waals surface area contributed by atoms with E-state index in [9.17, 15) is 4.79 Å². The smallest absolute Gasteiger partial charge is 0.283 e. The summed E-state index contributed by atoms with van der Waals surface area (Å²) >= 11 is 5.31. The van der Waals surface area contributed by atoms with Gasteiger partial charge in [-0.2, -0.15) is 0 Å². The predicted octanol–water partition coefficient (Wildman–Crippen LogP) is 3.80. The van der Waals surface area contributed by atoms with Crippen molar-refractivity contribution >= 4 is 23.3 Å². The normalized spacial score (nSPS) is 11.8. The van der Waals surface area contributed by atoms with Gasteiger partial charge in [-0.3, -0.25) is 9.36 Å². The summed E-state index contributed by atoms with van der Waals surface area (Å²) in [6.45, 7) is 6.98. The molecule has 0 fully saturated rings. The van der Waals surface area contributed by atoms with E-state index in [1.807, 2.05) is 24.3 Å². The third kappa shape index (κ3) is 3.22. The third-order valence-electron chi connectivity index (χ3n) is 3.38. The van der Waals surface area contributed by atoms with Gasteiger partial charge in [-0.15, -0.1) is 0 Å². The highest BCUT2D eigenvalue weighted by molar-refractivity contribution is 7.71. The van der Waals surface area contributed by atoms with Crippen LogP contribution in [0.15, 0.2) is 41.3 Å². The highest BCUT2D eigenvalue weighted by Crippen LogP contribution is 2.19. The van der Waals surface area contributed by atoms with Gasteiger partial charge in [-0.1, -0.05) is 20.8 Å². The quantitative estimate of drug-likeness (QED) is 0.718. The topological polar surface area (TPSA) is 62.8 Å². The fourth-order valence-electron chi connectivity index (χ4n) is 2.25. The zero-order valence-electron chi connectivity index (χ0n) is 13.3. The van der Waals surface area contributed by atoms with E-state index < -0.39 is 0 Å². The molecule has 0 amide bonds. The molecule has 0 radical (unpaired) electrons. The maximum absolute atomic E-state index is 12.6. The summed E-state index contributed by atoms with van der Waals surface area (Å²) in [7, 11) is 0. The number of hydrogen-bond acceptors (Lipinski definition) is 3. The van der Waals surface area contributed by atoms with Crippen LogP contribution in [0, 0.1) is 10.2 Å². The molecule has 0 unspecified atom stereocenters. The Bertz CT molecular complexity index is 943. The summed E-state index contributed by atoms with van der Waals surface area (Å²) in [5.74, 6) is 0.771. The lowest BCUT2D eigenvalue weighted by Crippen LogP contribution is -2.20. The first-order valence-electron chi connectivity index (χ1n) is 7.41. The lowest BCUT2D eigenvalue weighted by atomic mass is 9.99. The van der Waals surface area contributed by atoms with Crippen LogP contribution < -0.4 is 10.3 Å². The molecule has 5 nitrogen and oxygen atoms in total. The molecule has 0 spiro atoms. The van der Waals surface area contributed by atoms with Gasteiger partial charge in [0.1, 0.15) is 11.3 Å². The SMILES string of the molecule is CC(C)(C)COc1ccc(-n2c(=S)[nH]c3cc[nH]c3c2=O)cc1. The van der Waals surface area contributed by atoms with Crippen LogP contribution in [0.2, 0.25) is 0 Å². The van der Waals surface area contributed by atoms with E-state index in [0.29, 0.717) is 28.1 Å². The molecule has 0 atom stereocenters. The molecule has 3 aromatic rings. The Morgan fingerprint density at radius 1 is 1.17 bits per heavy atom. The highest BCUT2D eigenvalue weighted by atomic mass is 32.1. The lowest BCUT2D eigenvalue weighted by Gasteiger charge is -2.19. The molecule has 0 aliphatic heterocycles. The standard InChI is InChI=1S/C17H19N3O2S/c1-17(2,3)10-22-12-6-4-11(5-7-12)20-15(21)14-13(8-9-18-14)19-16(20)23/h4-9,18H,10H2,1-3H3,(H,19,23). The summed E-state index contributed by atoms with van der Waals surface area (Å²) in [6.07, 6.45) is 1.71. The Morgan fingerprint density at radius 3 is 2.52 bits per heavy atom. The number of hydrogen-bond donors (Lipinski definition) is 2. The van der Waals surface area contributed by atoms with Crippen molar-refractivity contribution in [1.82, 2.24) is 14.5 Å². The van der Waals surface area contributed by atoms with Gasteiger partial charge in [0.05, 0.1) is 17.8 Å². The number of aromatic amines is 2. The van der Waals surface area contributed by atoms with Gasteiger partial charge < -0.3 is 14.7 Å². The van der Waals surface area contributed by atoms with Crippen LogP contribution in [-0.4, -0.2) is 21.1 Å². The Hall–Kier alpha value is -2.34. The van der Waals surface area contributed by atoms with E-state index >= 15 is 0 Å². The number of aromatic nitrogens is 3. The van der Waals surface area contributed by atoms with Crippen molar-refractivity contribution in [2.75, 3.05) is 6.61 Å². The molecule has 1 aromatic carbocycles. The molecule has 0 aliphatic rings. The van der Waals surface area contributed by atoms with Crippen molar-refractivity contribution in [3.05, 3.63) is 51.7 Å². The average molecular weight is 329 g/mol. The number of benzene rings is 1. The number of nitrogens with one attached hydrogen (secondary N) is 2. The van der Waals surface area contributed by atoms with Gasteiger partial charge in [0.2, 0.25) is 0 Å². The van der Waals surface area contributed by atoms with Gasteiger partial charge in [0.15, 0.2) is 4.77 Å². The van der Waals surface area contributed by atoms with Crippen LogP contribution in [-0.2, 0) is 0 Å². The molecule has 3 rings (SSSR count). The third-order valence-corrected chi connectivity index (χ3v) is 3.66. The maximum Gasteiger partial charge on any atom is 0.283 e. The van der Waals surface area contributed by atoms with Gasteiger partial charge in [0.25, 0.3) is 5.56 Å². The molecule has 2 aromatic heterocycles. The molecule has 0 saturated carbocycles. The number of H-pyrrole nitrogens is 2. The van der Waals surface area contributed by atoms with E-state index in [1.165, 1.54) is 4.57 Å². The van der Waals surface area contributed by atoms with Gasteiger partial charge >= 0.3 is 0 Å². The number of rotatable bonds is 3. The van der Waals surface area contributed by atoms with Crippen LogP contribution in [0.3, 0.4) is 0 Å². The van der Waals surface area contributed by atoms with Gasteiger partial charge in [-0.25, -0.2) is 0 Å². The fraction of sp³-hybridized carbons (Fsp3) is 0.294. The minimum Gasteiger partial charge on any atom is -0.493 e. The molecule has 120 valence electrons. The Morgan fingerprint density at radius 2 is 1.87 bits per heavy atom. The first kappa shape index (κ1) is 15.6. The number of nitrogens with zero attached hydrogens (tertiary/aromatic N) is 1. The molecule has 2 N–H and O–H groups in total. The fourth-order valence-corrected chi connectivity index (χ4v) is 2.55. The molecule has 6 heteroatoms. The van der Waals surface area contributed by atoms with Crippen molar-refractivity contribution in [2.24, 2.45) is 5.41 Å². The van der Waals surface area contributed by atoms with Crippen LogP contribution in [0.5, 0.6) is 5.75 Å². The zero-order valence-corrected chi connectivity index (χ0v) is 14.2. The van der Waals surface area contributed by atoms with Crippen molar-refractivity contribution in [3.63, 3.8) is 0 Å². The van der Waals surface area contributed by atoms with Crippen LogP contribution in [0.4, 0.5) is 0 Å². The molecular formula is C17H19N3O2S. The van der Waals surface area contributed by atoms with E-state index in [2.05, 4.69) is 30.7 Å². The van der Waals surface area contributed by atoms with Gasteiger partial charge in [0, 0.05) is 6.20 Å². The Kier molecular flexibility index (Phi) is 3.85. The van der Waals surface area contributed by atoms with Gasteiger partial charge in [-0.05, 0) is 48.0 Å². The largest absolute Gasteiger partial charge is 0.493 e. The van der Waals surface area contributed by atoms with Crippen molar-refractivity contribution < 1.29 is 4.74 Å². The minimum absolute atomic E-state index is 0.0943. The van der Waals surface area contributed by atoms with E-state index in [4.69, 9.17) is 17.0 Å². The summed E-state index contributed by atoms with van der Waals surface area (Å²) in [6, 6.07) is 9.15. The molecule has 0 bridgehead atoms. The molecular weight excluding hydrogens is 310 g/mol. The lowest BCUT2D eigenvalue weighted by molar-refractivity contribution is 0.198. The zero-order chi connectivity index (χ0) is 16.6. The van der Waals surface area contributed by atoms with Crippen LogP contribution in [0.25, 0.3) is 16.7 Å².